The lowest BCUT2D eigenvalue weighted by Crippen LogP contribution is -2.07. The van der Waals surface area contributed by atoms with Gasteiger partial charge in [-0.25, -0.2) is 9.18 Å². The average molecular weight is 228 g/mol. The summed E-state index contributed by atoms with van der Waals surface area (Å²) >= 11 is 0. The molecule has 0 amide bonds. The van der Waals surface area contributed by atoms with Crippen molar-refractivity contribution in [2.45, 2.75) is 6.92 Å². The lowest BCUT2D eigenvalue weighted by Gasteiger charge is -2.10. The smallest absolute Gasteiger partial charge is 0.341 e. The molecule has 0 heterocycles. The van der Waals surface area contributed by atoms with Crippen LogP contribution in [0.3, 0.4) is 0 Å². The van der Waals surface area contributed by atoms with E-state index in [0.717, 1.165) is 0 Å². The van der Waals surface area contributed by atoms with Gasteiger partial charge < -0.3 is 14.2 Å². The lowest BCUT2D eigenvalue weighted by atomic mass is 10.2. The molecule has 1 aromatic rings. The summed E-state index contributed by atoms with van der Waals surface area (Å²) < 4.78 is 28.2. The van der Waals surface area contributed by atoms with Crippen molar-refractivity contribution in [2.24, 2.45) is 0 Å². The van der Waals surface area contributed by atoms with E-state index in [9.17, 15) is 9.18 Å². The molecule has 0 fully saturated rings. The predicted octanol–water partition coefficient (Wildman–Crippen LogP) is 2.02. The third-order valence-corrected chi connectivity index (χ3v) is 1.95. The Hall–Kier alpha value is -1.78. The van der Waals surface area contributed by atoms with E-state index in [-0.39, 0.29) is 11.3 Å². The first kappa shape index (κ1) is 12.3. The number of carbonyl (C=O) groups excluding carboxylic acids is 1. The van der Waals surface area contributed by atoms with Crippen molar-refractivity contribution in [3.63, 3.8) is 0 Å². The van der Waals surface area contributed by atoms with Gasteiger partial charge in [-0.3, -0.25) is 0 Å². The molecule has 0 aliphatic rings. The number of rotatable bonds is 4. The molecule has 0 radical (unpaired) electrons. The van der Waals surface area contributed by atoms with E-state index in [4.69, 9.17) is 9.47 Å². The van der Waals surface area contributed by atoms with Gasteiger partial charge >= 0.3 is 5.97 Å². The summed E-state index contributed by atoms with van der Waals surface area (Å²) in [5.74, 6) is -1.20. The fourth-order valence-corrected chi connectivity index (χ4v) is 1.21. The van der Waals surface area contributed by atoms with Crippen molar-refractivity contribution < 1.29 is 23.4 Å². The molecule has 0 unspecified atom stereocenters. The zero-order valence-electron chi connectivity index (χ0n) is 9.37. The summed E-state index contributed by atoms with van der Waals surface area (Å²) in [7, 11) is 2.60. The van der Waals surface area contributed by atoms with E-state index in [2.05, 4.69) is 4.74 Å². The van der Waals surface area contributed by atoms with Gasteiger partial charge in [-0.2, -0.15) is 0 Å². The number of benzene rings is 1. The Morgan fingerprint density at radius 2 is 2.06 bits per heavy atom. The Labute approximate surface area is 92.9 Å². The van der Waals surface area contributed by atoms with Crippen molar-refractivity contribution in [2.75, 3.05) is 20.8 Å². The topological polar surface area (TPSA) is 44.8 Å². The number of methoxy groups -OCH3 is 2. The molecule has 0 N–H and O–H groups in total. The standard InChI is InChI=1S/C11H13FO4/c1-4-16-9-6-7(14-2)5-8(10(9)12)11(13)15-3/h5-6H,4H2,1-3H3. The van der Waals surface area contributed by atoms with Crippen LogP contribution in [0.5, 0.6) is 11.5 Å². The van der Waals surface area contributed by atoms with Crippen LogP contribution in [0.25, 0.3) is 0 Å². The summed E-state index contributed by atoms with van der Waals surface area (Å²) in [6, 6.07) is 2.65. The summed E-state index contributed by atoms with van der Waals surface area (Å²) in [5, 5.41) is 0. The highest BCUT2D eigenvalue weighted by Gasteiger charge is 2.18. The Morgan fingerprint density at radius 1 is 1.38 bits per heavy atom. The minimum atomic E-state index is -0.766. The van der Waals surface area contributed by atoms with E-state index in [1.54, 1.807) is 6.92 Å². The Balaban J connectivity index is 3.25. The molecule has 88 valence electrons. The first-order chi connectivity index (χ1) is 7.63. The highest BCUT2D eigenvalue weighted by atomic mass is 19.1. The highest BCUT2D eigenvalue weighted by Crippen LogP contribution is 2.27. The molecule has 0 bridgehead atoms. The van der Waals surface area contributed by atoms with E-state index in [1.807, 2.05) is 0 Å². The maximum absolute atomic E-state index is 13.7. The van der Waals surface area contributed by atoms with Gasteiger partial charge in [-0.1, -0.05) is 0 Å². The van der Waals surface area contributed by atoms with Gasteiger partial charge in [0.1, 0.15) is 11.3 Å². The molecule has 0 spiro atoms. The third kappa shape index (κ3) is 2.42. The van der Waals surface area contributed by atoms with E-state index < -0.39 is 11.8 Å². The summed E-state index contributed by atoms with van der Waals surface area (Å²) in [5.41, 5.74) is -0.203. The number of halogens is 1. The van der Waals surface area contributed by atoms with Gasteiger partial charge in [0, 0.05) is 6.07 Å². The van der Waals surface area contributed by atoms with E-state index in [0.29, 0.717) is 12.4 Å². The van der Waals surface area contributed by atoms with Crippen LogP contribution < -0.4 is 9.47 Å². The second kappa shape index (κ2) is 5.34. The number of hydrogen-bond donors (Lipinski definition) is 0. The predicted molar refractivity (Wildman–Crippen MR) is 55.5 cm³/mol. The van der Waals surface area contributed by atoms with Gasteiger partial charge in [0.2, 0.25) is 0 Å². The SMILES string of the molecule is CCOc1cc(OC)cc(C(=O)OC)c1F. The van der Waals surface area contributed by atoms with Crippen LogP contribution in [0.4, 0.5) is 4.39 Å². The zero-order valence-corrected chi connectivity index (χ0v) is 9.37. The molecule has 0 aliphatic heterocycles. The van der Waals surface area contributed by atoms with Gasteiger partial charge in [-0.05, 0) is 13.0 Å². The zero-order chi connectivity index (χ0) is 12.1. The molecular weight excluding hydrogens is 215 g/mol. The van der Waals surface area contributed by atoms with Crippen LogP contribution in [0.1, 0.15) is 17.3 Å². The maximum atomic E-state index is 13.7. The van der Waals surface area contributed by atoms with Gasteiger partial charge in [0.25, 0.3) is 0 Å². The number of ether oxygens (including phenoxy) is 3. The quantitative estimate of drug-likeness (QED) is 0.739. The molecule has 16 heavy (non-hydrogen) atoms. The van der Waals surface area contributed by atoms with Crippen molar-refractivity contribution in [1.82, 2.24) is 0 Å². The van der Waals surface area contributed by atoms with Crippen LogP contribution in [-0.2, 0) is 4.74 Å². The third-order valence-electron chi connectivity index (χ3n) is 1.95. The van der Waals surface area contributed by atoms with Crippen LogP contribution in [0.15, 0.2) is 12.1 Å². The first-order valence-corrected chi connectivity index (χ1v) is 4.72. The summed E-state index contributed by atoms with van der Waals surface area (Å²) in [4.78, 5) is 11.3. The largest absolute Gasteiger partial charge is 0.497 e. The monoisotopic (exact) mass is 228 g/mol. The molecule has 4 nitrogen and oxygen atoms in total. The molecular formula is C11H13FO4. The van der Waals surface area contributed by atoms with Crippen molar-refractivity contribution in [3.8, 4) is 11.5 Å². The minimum absolute atomic E-state index is 0.0257. The number of hydrogen-bond acceptors (Lipinski definition) is 4. The Kier molecular flexibility index (Phi) is 4.10. The summed E-state index contributed by atoms with van der Waals surface area (Å²) in [6.07, 6.45) is 0. The molecule has 0 saturated carbocycles. The van der Waals surface area contributed by atoms with Crippen molar-refractivity contribution in [1.29, 1.82) is 0 Å². The number of esters is 1. The summed E-state index contributed by atoms with van der Waals surface area (Å²) in [6.45, 7) is 2.02. The molecule has 0 saturated heterocycles. The second-order valence-electron chi connectivity index (χ2n) is 2.91. The van der Waals surface area contributed by atoms with Crippen LogP contribution in [-0.4, -0.2) is 26.8 Å². The van der Waals surface area contributed by atoms with Gasteiger partial charge in [0.05, 0.1) is 20.8 Å². The molecule has 0 atom stereocenters. The van der Waals surface area contributed by atoms with E-state index in [1.165, 1.54) is 26.4 Å². The fourth-order valence-electron chi connectivity index (χ4n) is 1.21. The Bertz CT molecular complexity index is 390. The van der Waals surface area contributed by atoms with Crippen molar-refractivity contribution >= 4 is 5.97 Å². The van der Waals surface area contributed by atoms with Crippen LogP contribution in [0.2, 0.25) is 0 Å². The highest BCUT2D eigenvalue weighted by molar-refractivity contribution is 5.90. The average Bonchev–Trinajstić information content (AvgIpc) is 2.31. The fraction of sp³-hybridized carbons (Fsp3) is 0.364. The molecule has 1 rings (SSSR count). The lowest BCUT2D eigenvalue weighted by molar-refractivity contribution is 0.0594. The first-order valence-electron chi connectivity index (χ1n) is 4.72. The second-order valence-corrected chi connectivity index (χ2v) is 2.91. The Morgan fingerprint density at radius 3 is 2.56 bits per heavy atom. The molecule has 1 aromatic carbocycles. The molecule has 0 aliphatic carbocycles. The van der Waals surface area contributed by atoms with E-state index >= 15 is 0 Å². The van der Waals surface area contributed by atoms with Gasteiger partial charge in [-0.15, -0.1) is 0 Å². The minimum Gasteiger partial charge on any atom is -0.497 e. The molecule has 0 aromatic heterocycles. The van der Waals surface area contributed by atoms with Crippen molar-refractivity contribution in [3.05, 3.63) is 23.5 Å². The van der Waals surface area contributed by atoms with Gasteiger partial charge in [0.15, 0.2) is 11.6 Å². The van der Waals surface area contributed by atoms with Crippen LogP contribution >= 0.6 is 0 Å². The normalized spacial score (nSPS) is 9.75. The maximum Gasteiger partial charge on any atom is 0.341 e. The number of carbonyl (C=O) groups is 1. The molecule has 5 heteroatoms. The van der Waals surface area contributed by atoms with Crippen LogP contribution in [0, 0.1) is 5.82 Å².